The highest BCUT2D eigenvalue weighted by Gasteiger charge is 2.20. The predicted octanol–water partition coefficient (Wildman–Crippen LogP) is 1.50. The number of hydrogen-bond acceptors (Lipinski definition) is 6. The van der Waals surface area contributed by atoms with Crippen LogP contribution in [0.2, 0.25) is 0 Å². The molecule has 0 radical (unpaired) electrons. The van der Waals surface area contributed by atoms with Crippen LogP contribution in [0, 0.1) is 17.0 Å². The average Bonchev–Trinajstić information content (AvgIpc) is 2.35. The van der Waals surface area contributed by atoms with Crippen molar-refractivity contribution in [3.05, 3.63) is 27.9 Å². The standard InChI is InChI=1S/C12H19N3O4/c1-9-6-10(15(17)18)7-13-11(9)14-8-12(2,16)4-5-19-3/h6-7,16H,4-5,8H2,1-3H3,(H,13,14). The minimum atomic E-state index is -0.925. The second-order valence-electron chi connectivity index (χ2n) is 4.71. The maximum absolute atomic E-state index is 10.6. The molecular formula is C12H19N3O4. The molecule has 0 aliphatic heterocycles. The van der Waals surface area contributed by atoms with E-state index in [0.717, 1.165) is 0 Å². The molecule has 1 aromatic heterocycles. The Bertz CT molecular complexity index is 449. The summed E-state index contributed by atoms with van der Waals surface area (Å²) in [6.07, 6.45) is 1.68. The minimum Gasteiger partial charge on any atom is -0.388 e. The van der Waals surface area contributed by atoms with Crippen LogP contribution in [0.1, 0.15) is 18.9 Å². The minimum absolute atomic E-state index is 0.0470. The van der Waals surface area contributed by atoms with E-state index in [9.17, 15) is 15.2 Å². The first-order chi connectivity index (χ1) is 8.85. The summed E-state index contributed by atoms with van der Waals surface area (Å²) >= 11 is 0. The Morgan fingerprint density at radius 3 is 2.84 bits per heavy atom. The molecule has 1 rings (SSSR count). The lowest BCUT2D eigenvalue weighted by atomic mass is 10.0. The van der Waals surface area contributed by atoms with Gasteiger partial charge in [-0.15, -0.1) is 0 Å². The molecule has 0 spiro atoms. The fourth-order valence-electron chi connectivity index (χ4n) is 1.53. The van der Waals surface area contributed by atoms with Gasteiger partial charge in [0.2, 0.25) is 0 Å². The highest BCUT2D eigenvalue weighted by molar-refractivity contribution is 5.48. The van der Waals surface area contributed by atoms with Gasteiger partial charge in [0, 0.05) is 32.7 Å². The first kappa shape index (κ1) is 15.3. The van der Waals surface area contributed by atoms with E-state index in [2.05, 4.69) is 10.3 Å². The molecule has 7 heteroatoms. The summed E-state index contributed by atoms with van der Waals surface area (Å²) in [4.78, 5) is 14.1. The average molecular weight is 269 g/mol. The van der Waals surface area contributed by atoms with E-state index in [1.807, 2.05) is 0 Å². The number of ether oxygens (including phenoxy) is 1. The fourth-order valence-corrected chi connectivity index (χ4v) is 1.53. The Labute approximate surface area is 111 Å². The van der Waals surface area contributed by atoms with E-state index in [4.69, 9.17) is 4.74 Å². The van der Waals surface area contributed by atoms with Gasteiger partial charge in [0.25, 0.3) is 5.69 Å². The largest absolute Gasteiger partial charge is 0.388 e. The Balaban J connectivity index is 2.65. The van der Waals surface area contributed by atoms with E-state index >= 15 is 0 Å². The molecule has 106 valence electrons. The highest BCUT2D eigenvalue weighted by Crippen LogP contribution is 2.19. The van der Waals surface area contributed by atoms with Crippen molar-refractivity contribution in [3.8, 4) is 0 Å². The number of nitrogens with zero attached hydrogens (tertiary/aromatic N) is 2. The molecule has 1 heterocycles. The first-order valence-corrected chi connectivity index (χ1v) is 5.92. The molecule has 0 aliphatic carbocycles. The number of aliphatic hydroxyl groups is 1. The molecule has 19 heavy (non-hydrogen) atoms. The van der Waals surface area contributed by atoms with Crippen molar-refractivity contribution in [2.75, 3.05) is 25.6 Å². The van der Waals surface area contributed by atoms with Gasteiger partial charge in [0.1, 0.15) is 12.0 Å². The zero-order valence-electron chi connectivity index (χ0n) is 11.3. The number of pyridine rings is 1. The van der Waals surface area contributed by atoms with Crippen LogP contribution in [0.5, 0.6) is 0 Å². The fraction of sp³-hybridized carbons (Fsp3) is 0.583. The Morgan fingerprint density at radius 1 is 1.63 bits per heavy atom. The van der Waals surface area contributed by atoms with Crippen molar-refractivity contribution in [2.45, 2.75) is 25.9 Å². The molecule has 2 N–H and O–H groups in total. The van der Waals surface area contributed by atoms with Gasteiger partial charge in [-0.05, 0) is 19.4 Å². The van der Waals surface area contributed by atoms with Gasteiger partial charge >= 0.3 is 0 Å². The van der Waals surface area contributed by atoms with E-state index < -0.39 is 10.5 Å². The lowest BCUT2D eigenvalue weighted by Crippen LogP contribution is -2.35. The third-order valence-electron chi connectivity index (χ3n) is 2.76. The van der Waals surface area contributed by atoms with E-state index in [-0.39, 0.29) is 5.69 Å². The second-order valence-corrected chi connectivity index (χ2v) is 4.71. The van der Waals surface area contributed by atoms with Crippen LogP contribution in [0.3, 0.4) is 0 Å². The van der Waals surface area contributed by atoms with E-state index in [0.29, 0.717) is 31.0 Å². The molecule has 7 nitrogen and oxygen atoms in total. The maximum Gasteiger partial charge on any atom is 0.287 e. The van der Waals surface area contributed by atoms with Crippen molar-refractivity contribution in [1.29, 1.82) is 0 Å². The number of aromatic nitrogens is 1. The summed E-state index contributed by atoms with van der Waals surface area (Å²) < 4.78 is 4.92. The van der Waals surface area contributed by atoms with Gasteiger partial charge < -0.3 is 15.2 Å². The van der Waals surface area contributed by atoms with E-state index in [1.165, 1.54) is 12.3 Å². The summed E-state index contributed by atoms with van der Waals surface area (Å²) in [5, 5.41) is 23.6. The quantitative estimate of drug-likeness (QED) is 0.575. The van der Waals surface area contributed by atoms with Crippen LogP contribution in [0.4, 0.5) is 11.5 Å². The molecular weight excluding hydrogens is 250 g/mol. The van der Waals surface area contributed by atoms with Crippen LogP contribution in [-0.2, 0) is 4.74 Å². The predicted molar refractivity (Wildman–Crippen MR) is 71.2 cm³/mol. The highest BCUT2D eigenvalue weighted by atomic mass is 16.6. The smallest absolute Gasteiger partial charge is 0.287 e. The zero-order valence-corrected chi connectivity index (χ0v) is 11.3. The molecule has 0 aromatic carbocycles. The Morgan fingerprint density at radius 2 is 2.32 bits per heavy atom. The number of nitrogens with one attached hydrogen (secondary N) is 1. The Hall–Kier alpha value is -1.73. The lowest BCUT2D eigenvalue weighted by molar-refractivity contribution is -0.385. The zero-order chi connectivity index (χ0) is 14.5. The molecule has 0 fully saturated rings. The normalized spacial score (nSPS) is 13.9. The number of nitro groups is 1. The topological polar surface area (TPSA) is 97.5 Å². The third kappa shape index (κ3) is 4.80. The third-order valence-corrected chi connectivity index (χ3v) is 2.76. The molecule has 0 saturated heterocycles. The summed E-state index contributed by atoms with van der Waals surface area (Å²) in [6, 6.07) is 1.44. The van der Waals surface area contributed by atoms with Crippen molar-refractivity contribution < 1.29 is 14.8 Å². The monoisotopic (exact) mass is 269 g/mol. The molecule has 0 saturated carbocycles. The summed E-state index contributed by atoms with van der Waals surface area (Å²) in [6.45, 7) is 4.18. The number of hydrogen-bond donors (Lipinski definition) is 2. The summed E-state index contributed by atoms with van der Waals surface area (Å²) in [7, 11) is 1.57. The molecule has 1 aromatic rings. The molecule has 1 atom stereocenters. The van der Waals surface area contributed by atoms with Crippen LogP contribution in [-0.4, -0.2) is 40.9 Å². The van der Waals surface area contributed by atoms with Crippen LogP contribution in [0.25, 0.3) is 0 Å². The van der Waals surface area contributed by atoms with Crippen molar-refractivity contribution in [1.82, 2.24) is 4.98 Å². The molecule has 1 unspecified atom stereocenters. The van der Waals surface area contributed by atoms with Crippen LogP contribution < -0.4 is 5.32 Å². The first-order valence-electron chi connectivity index (χ1n) is 5.92. The van der Waals surface area contributed by atoms with Crippen molar-refractivity contribution >= 4 is 11.5 Å². The maximum atomic E-state index is 10.6. The lowest BCUT2D eigenvalue weighted by Gasteiger charge is -2.23. The summed E-state index contributed by atoms with van der Waals surface area (Å²) in [5.74, 6) is 0.531. The number of anilines is 1. The second kappa shape index (κ2) is 6.44. The SMILES string of the molecule is COCCC(C)(O)CNc1ncc([N+](=O)[O-])cc1C. The summed E-state index contributed by atoms with van der Waals surface area (Å²) in [5.41, 5.74) is -0.308. The van der Waals surface area contributed by atoms with Gasteiger partial charge in [-0.25, -0.2) is 4.98 Å². The molecule has 0 bridgehead atoms. The molecule has 0 aliphatic rings. The van der Waals surface area contributed by atoms with Gasteiger partial charge in [-0.1, -0.05) is 0 Å². The van der Waals surface area contributed by atoms with Gasteiger partial charge in [0.15, 0.2) is 0 Å². The number of aryl methyl sites for hydroxylation is 1. The van der Waals surface area contributed by atoms with Crippen LogP contribution >= 0.6 is 0 Å². The number of rotatable bonds is 7. The number of methoxy groups -OCH3 is 1. The molecule has 0 amide bonds. The Kier molecular flexibility index (Phi) is 5.20. The van der Waals surface area contributed by atoms with E-state index in [1.54, 1.807) is 21.0 Å². The van der Waals surface area contributed by atoms with Gasteiger partial charge in [-0.3, -0.25) is 10.1 Å². The van der Waals surface area contributed by atoms with Crippen LogP contribution in [0.15, 0.2) is 12.3 Å². The van der Waals surface area contributed by atoms with Crippen molar-refractivity contribution in [2.24, 2.45) is 0 Å². The van der Waals surface area contributed by atoms with Gasteiger partial charge in [-0.2, -0.15) is 0 Å². The van der Waals surface area contributed by atoms with Crippen molar-refractivity contribution in [3.63, 3.8) is 0 Å². The van der Waals surface area contributed by atoms with Gasteiger partial charge in [0.05, 0.1) is 10.5 Å².